The van der Waals surface area contributed by atoms with Gasteiger partial charge in [0.25, 0.3) is 0 Å². The molecule has 2 heteroatoms. The molecule has 39 valence electrons. The van der Waals surface area contributed by atoms with E-state index in [1.54, 1.807) is 0 Å². The monoisotopic (exact) mass is 127 g/mol. The van der Waals surface area contributed by atoms with Crippen LogP contribution < -0.4 is 0 Å². The van der Waals surface area contributed by atoms with Gasteiger partial charge >= 0.3 is 0 Å². The Morgan fingerprint density at radius 2 is 2.00 bits per heavy atom. The second-order valence-corrected chi connectivity index (χ2v) is 1.70. The smallest absolute Gasteiger partial charge is 0.0456 e. The van der Waals surface area contributed by atoms with E-state index in [1.807, 2.05) is 6.92 Å². The van der Waals surface area contributed by atoms with Crippen molar-refractivity contribution in [2.24, 2.45) is 5.92 Å². The van der Waals surface area contributed by atoms with E-state index in [1.165, 1.54) is 0 Å². The maximum absolute atomic E-state index is 8.33. The van der Waals surface area contributed by atoms with E-state index in [9.17, 15) is 0 Å². The zero-order chi connectivity index (χ0) is 4.99. The number of aliphatic hydroxyl groups excluding tert-OH is 1. The molecule has 0 fully saturated rings. The van der Waals surface area contributed by atoms with Crippen molar-refractivity contribution in [2.45, 2.75) is 20.3 Å². The van der Waals surface area contributed by atoms with Crippen molar-refractivity contribution in [3.63, 3.8) is 0 Å². The van der Waals surface area contributed by atoms with Crippen LogP contribution in [0.4, 0.5) is 0 Å². The first-order valence-electron chi connectivity index (χ1n) is 2.42. The second kappa shape index (κ2) is 7.60. The van der Waals surface area contributed by atoms with Crippen LogP contribution in [0.25, 0.3) is 0 Å². The Labute approximate surface area is 87.9 Å². The van der Waals surface area contributed by atoms with Gasteiger partial charge in [-0.3, -0.25) is 0 Å². The first-order chi connectivity index (χ1) is 2.81. The molecule has 0 aliphatic rings. The van der Waals surface area contributed by atoms with Gasteiger partial charge in [-0.1, -0.05) is 20.3 Å². The molecule has 0 bridgehead atoms. The van der Waals surface area contributed by atoms with Gasteiger partial charge in [0.1, 0.15) is 0 Å². The van der Waals surface area contributed by atoms with Crippen LogP contribution in [0.2, 0.25) is 0 Å². The fraction of sp³-hybridized carbons (Fsp3) is 1.00. The molecule has 0 saturated heterocycles. The van der Waals surface area contributed by atoms with Gasteiger partial charge in [0.05, 0.1) is 0 Å². The molecule has 7 heavy (non-hydrogen) atoms. The van der Waals surface area contributed by atoms with Crippen molar-refractivity contribution in [1.29, 1.82) is 0 Å². The van der Waals surface area contributed by atoms with Crippen LogP contribution in [0.5, 0.6) is 0 Å². The molecule has 0 aromatic rings. The van der Waals surface area contributed by atoms with Crippen LogP contribution in [-0.4, -0.2) is 63.1 Å². The minimum atomic E-state index is 0. The average molecular weight is 127 g/mol. The SMILES string of the molecule is CCC(C)CO.[K]. The zero-order valence-corrected chi connectivity index (χ0v) is 8.56. The molecule has 1 atom stereocenters. The average Bonchev–Trinajstić information content (AvgIpc) is 1.65. The van der Waals surface area contributed by atoms with Gasteiger partial charge < -0.3 is 5.11 Å². The maximum atomic E-state index is 8.33. The molecule has 0 aliphatic heterocycles. The van der Waals surface area contributed by atoms with Crippen molar-refractivity contribution in [3.8, 4) is 0 Å². The van der Waals surface area contributed by atoms with Crippen molar-refractivity contribution in [3.05, 3.63) is 0 Å². The summed E-state index contributed by atoms with van der Waals surface area (Å²) in [4.78, 5) is 0. The summed E-state index contributed by atoms with van der Waals surface area (Å²) >= 11 is 0. The Balaban J connectivity index is 0. The summed E-state index contributed by atoms with van der Waals surface area (Å²) in [5.41, 5.74) is 0. The van der Waals surface area contributed by atoms with Crippen molar-refractivity contribution >= 4 is 51.4 Å². The quantitative estimate of drug-likeness (QED) is 0.540. The molecule has 0 aromatic heterocycles. The summed E-state index contributed by atoms with van der Waals surface area (Å²) in [7, 11) is 0. The Morgan fingerprint density at radius 3 is 2.00 bits per heavy atom. The predicted octanol–water partition coefficient (Wildman–Crippen LogP) is 0.644. The molecule has 0 heterocycles. The Hall–Kier alpha value is 1.60. The van der Waals surface area contributed by atoms with Gasteiger partial charge in [-0.15, -0.1) is 0 Å². The Bertz CT molecular complexity index is 27.3. The third kappa shape index (κ3) is 7.60. The zero-order valence-electron chi connectivity index (χ0n) is 5.44. The molecular formula is C5H12KO. The molecule has 1 N–H and O–H groups in total. The van der Waals surface area contributed by atoms with Gasteiger partial charge in [-0.25, -0.2) is 0 Å². The van der Waals surface area contributed by atoms with Gasteiger partial charge in [-0.05, 0) is 5.92 Å². The van der Waals surface area contributed by atoms with Gasteiger partial charge in [0.15, 0.2) is 0 Å². The molecule has 1 unspecified atom stereocenters. The third-order valence-corrected chi connectivity index (χ3v) is 1.01. The molecule has 0 amide bonds. The minimum Gasteiger partial charge on any atom is -0.396 e. The van der Waals surface area contributed by atoms with E-state index >= 15 is 0 Å². The summed E-state index contributed by atoms with van der Waals surface area (Å²) in [6, 6.07) is 0. The van der Waals surface area contributed by atoms with Crippen LogP contribution in [0.1, 0.15) is 20.3 Å². The van der Waals surface area contributed by atoms with Gasteiger partial charge in [0.2, 0.25) is 0 Å². The molecular weight excluding hydrogens is 115 g/mol. The summed E-state index contributed by atoms with van der Waals surface area (Å²) in [6.45, 7) is 4.43. The first-order valence-corrected chi connectivity index (χ1v) is 2.42. The molecule has 0 spiro atoms. The largest absolute Gasteiger partial charge is 0.396 e. The van der Waals surface area contributed by atoms with E-state index in [4.69, 9.17) is 5.11 Å². The van der Waals surface area contributed by atoms with Crippen LogP contribution in [0, 0.1) is 5.92 Å². The van der Waals surface area contributed by atoms with Gasteiger partial charge in [0, 0.05) is 58.0 Å². The summed E-state index contributed by atoms with van der Waals surface area (Å²) < 4.78 is 0. The van der Waals surface area contributed by atoms with Crippen molar-refractivity contribution < 1.29 is 5.11 Å². The van der Waals surface area contributed by atoms with Crippen LogP contribution in [0.15, 0.2) is 0 Å². The molecule has 1 nitrogen and oxygen atoms in total. The maximum Gasteiger partial charge on any atom is 0.0456 e. The van der Waals surface area contributed by atoms with Crippen molar-refractivity contribution in [2.75, 3.05) is 6.61 Å². The molecule has 1 radical (unpaired) electrons. The molecule has 0 rings (SSSR count). The van der Waals surface area contributed by atoms with Crippen molar-refractivity contribution in [1.82, 2.24) is 0 Å². The summed E-state index contributed by atoms with van der Waals surface area (Å²) in [5.74, 6) is 0.491. The number of hydrogen-bond acceptors (Lipinski definition) is 1. The number of hydrogen-bond donors (Lipinski definition) is 1. The van der Waals surface area contributed by atoms with E-state index < -0.39 is 0 Å². The van der Waals surface area contributed by atoms with Crippen LogP contribution in [0.3, 0.4) is 0 Å². The standard InChI is InChI=1S/C5H12O.K/c1-3-5(2)4-6;/h5-6H,3-4H2,1-2H3;. The van der Waals surface area contributed by atoms with Crippen LogP contribution >= 0.6 is 0 Å². The minimum absolute atomic E-state index is 0. The summed E-state index contributed by atoms with van der Waals surface area (Å²) in [5, 5.41) is 8.33. The first kappa shape index (κ1) is 11.4. The Kier molecular flexibility index (Phi) is 12.4. The molecule has 0 saturated carbocycles. The summed E-state index contributed by atoms with van der Waals surface area (Å²) in [6.07, 6.45) is 1.08. The number of rotatable bonds is 2. The predicted molar refractivity (Wildman–Crippen MR) is 32.3 cm³/mol. The van der Waals surface area contributed by atoms with E-state index in [2.05, 4.69) is 6.92 Å². The molecule has 0 aromatic carbocycles. The van der Waals surface area contributed by atoms with E-state index in [-0.39, 0.29) is 51.4 Å². The number of aliphatic hydroxyl groups is 1. The fourth-order valence-corrected chi connectivity index (χ4v) is 0.129. The molecule has 0 aliphatic carbocycles. The normalized spacial score (nSPS) is 12.4. The Morgan fingerprint density at radius 1 is 1.57 bits per heavy atom. The second-order valence-electron chi connectivity index (χ2n) is 1.70. The van der Waals surface area contributed by atoms with Gasteiger partial charge in [-0.2, -0.15) is 0 Å². The van der Waals surface area contributed by atoms with E-state index in [0.717, 1.165) is 6.42 Å². The van der Waals surface area contributed by atoms with Crippen LogP contribution in [-0.2, 0) is 0 Å². The third-order valence-electron chi connectivity index (χ3n) is 1.01. The fourth-order valence-electron chi connectivity index (χ4n) is 0.129. The van der Waals surface area contributed by atoms with E-state index in [0.29, 0.717) is 12.5 Å². The topological polar surface area (TPSA) is 20.2 Å².